The molecule has 0 amide bonds. The predicted molar refractivity (Wildman–Crippen MR) is 104 cm³/mol. The molecule has 26 heavy (non-hydrogen) atoms. The quantitative estimate of drug-likeness (QED) is 0.601. The minimum Gasteiger partial charge on any atom is -0.208 e. The molecule has 0 N–H and O–H groups in total. The molecule has 0 atom stereocenters. The highest BCUT2D eigenvalue weighted by molar-refractivity contribution is 6.28. The van der Waals surface area contributed by atoms with E-state index in [9.17, 15) is 0 Å². The highest BCUT2D eigenvalue weighted by Gasteiger charge is 2.45. The molecule has 0 radical (unpaired) electrons. The zero-order chi connectivity index (χ0) is 17.6. The number of hydrogen-bond donors (Lipinski definition) is 0. The Hall–Kier alpha value is -2.26. The van der Waals surface area contributed by atoms with Crippen molar-refractivity contribution in [2.45, 2.75) is 37.5 Å². The van der Waals surface area contributed by atoms with Crippen LogP contribution < -0.4 is 0 Å². The van der Waals surface area contributed by atoms with Crippen LogP contribution in [0.4, 0.5) is 0 Å². The van der Waals surface area contributed by atoms with Gasteiger partial charge in [-0.2, -0.15) is 9.97 Å². The van der Waals surface area contributed by atoms with Crippen molar-refractivity contribution in [3.05, 3.63) is 65.4 Å². The van der Waals surface area contributed by atoms with Crippen molar-refractivity contribution < 1.29 is 0 Å². The lowest BCUT2D eigenvalue weighted by atomic mass is 9.77. The number of fused-ring (bicyclic) bond motifs is 2. The van der Waals surface area contributed by atoms with Crippen LogP contribution in [0, 0.1) is 5.92 Å². The summed E-state index contributed by atoms with van der Waals surface area (Å²) in [5.41, 5.74) is 3.78. The van der Waals surface area contributed by atoms with Gasteiger partial charge in [-0.05, 0) is 66.7 Å². The summed E-state index contributed by atoms with van der Waals surface area (Å²) in [4.78, 5) is 13.4. The van der Waals surface area contributed by atoms with Gasteiger partial charge in [-0.3, -0.25) is 0 Å². The van der Waals surface area contributed by atoms with E-state index < -0.39 is 0 Å². The molecular weight excluding hydrogens is 342 g/mol. The van der Waals surface area contributed by atoms with Crippen LogP contribution >= 0.6 is 11.6 Å². The van der Waals surface area contributed by atoms with Crippen LogP contribution in [0.2, 0.25) is 5.28 Å². The Balaban J connectivity index is 1.56. The summed E-state index contributed by atoms with van der Waals surface area (Å²) in [7, 11) is 0. The van der Waals surface area contributed by atoms with E-state index in [2.05, 4.69) is 34.2 Å². The van der Waals surface area contributed by atoms with Crippen molar-refractivity contribution in [3.63, 3.8) is 0 Å². The van der Waals surface area contributed by atoms with Crippen molar-refractivity contribution in [2.24, 2.45) is 5.92 Å². The first-order valence-electron chi connectivity index (χ1n) is 9.30. The van der Waals surface area contributed by atoms with E-state index >= 15 is 0 Å². The molecule has 3 nitrogen and oxygen atoms in total. The fraction of sp³-hybridized carbons (Fsp3) is 0.318. The molecule has 0 aliphatic heterocycles. The Morgan fingerprint density at radius 3 is 2.19 bits per heavy atom. The Morgan fingerprint density at radius 2 is 1.50 bits per heavy atom. The molecule has 2 aliphatic carbocycles. The first-order valence-corrected chi connectivity index (χ1v) is 9.68. The van der Waals surface area contributed by atoms with Crippen molar-refractivity contribution in [1.29, 1.82) is 0 Å². The zero-order valence-corrected chi connectivity index (χ0v) is 15.3. The van der Waals surface area contributed by atoms with Crippen molar-refractivity contribution in [1.82, 2.24) is 15.0 Å². The summed E-state index contributed by atoms with van der Waals surface area (Å²) in [6.45, 7) is 0. The number of rotatable bonds is 3. The average Bonchev–Trinajstić information content (AvgIpc) is 3.31. The van der Waals surface area contributed by atoms with Crippen molar-refractivity contribution in [2.75, 3.05) is 0 Å². The third-order valence-electron chi connectivity index (χ3n) is 6.11. The summed E-state index contributed by atoms with van der Waals surface area (Å²) in [6.07, 6.45) is 6.71. The number of halogens is 1. The van der Waals surface area contributed by atoms with Crippen LogP contribution in [0.3, 0.4) is 0 Å². The highest BCUT2D eigenvalue weighted by atomic mass is 35.5. The topological polar surface area (TPSA) is 38.7 Å². The first kappa shape index (κ1) is 16.0. The molecule has 2 fully saturated rings. The maximum Gasteiger partial charge on any atom is 0.226 e. The van der Waals surface area contributed by atoms with E-state index in [1.807, 2.05) is 30.3 Å². The summed E-state index contributed by atoms with van der Waals surface area (Å²) in [5.74, 6) is 2.19. The Kier molecular flexibility index (Phi) is 3.79. The van der Waals surface area contributed by atoms with E-state index in [0.717, 1.165) is 17.0 Å². The van der Waals surface area contributed by atoms with Gasteiger partial charge in [0, 0.05) is 11.1 Å². The number of hydrogen-bond acceptors (Lipinski definition) is 3. The first-order chi connectivity index (χ1) is 12.7. The monoisotopic (exact) mass is 361 g/mol. The molecule has 0 saturated heterocycles. The van der Waals surface area contributed by atoms with Crippen molar-refractivity contribution >= 4 is 11.6 Å². The van der Waals surface area contributed by atoms with Gasteiger partial charge in [0.2, 0.25) is 5.28 Å². The van der Waals surface area contributed by atoms with Crippen molar-refractivity contribution in [3.8, 4) is 22.8 Å². The molecular formula is C22H20ClN3. The second kappa shape index (κ2) is 6.17. The van der Waals surface area contributed by atoms with Crippen LogP contribution in [-0.4, -0.2) is 15.0 Å². The zero-order valence-electron chi connectivity index (χ0n) is 14.5. The van der Waals surface area contributed by atoms with Gasteiger partial charge in [-0.15, -0.1) is 0 Å². The molecule has 4 heteroatoms. The average molecular weight is 362 g/mol. The van der Waals surface area contributed by atoms with Crippen LogP contribution in [0.15, 0.2) is 54.6 Å². The van der Waals surface area contributed by atoms with E-state index in [1.54, 1.807) is 0 Å². The van der Waals surface area contributed by atoms with Crippen LogP contribution in [0.25, 0.3) is 22.8 Å². The van der Waals surface area contributed by atoms with Gasteiger partial charge >= 0.3 is 0 Å². The molecule has 2 aromatic carbocycles. The van der Waals surface area contributed by atoms with E-state index in [1.165, 1.54) is 37.7 Å². The second-order valence-electron chi connectivity index (χ2n) is 7.63. The number of benzene rings is 2. The molecule has 2 aliphatic rings. The van der Waals surface area contributed by atoms with Gasteiger partial charge in [0.25, 0.3) is 0 Å². The van der Waals surface area contributed by atoms with Crippen LogP contribution in [-0.2, 0) is 5.41 Å². The number of aromatic nitrogens is 3. The Morgan fingerprint density at radius 1 is 0.808 bits per heavy atom. The standard InChI is InChI=1S/C22H20ClN3/c23-21-25-19(16-5-2-1-3-6-16)24-20(26-21)17-7-4-8-18(13-17)22-11-9-15(14-22)10-12-22/h1-8,13,15H,9-12,14H2. The maximum absolute atomic E-state index is 6.22. The summed E-state index contributed by atoms with van der Waals surface area (Å²) in [6, 6.07) is 18.7. The lowest BCUT2D eigenvalue weighted by molar-refractivity contribution is 0.419. The van der Waals surface area contributed by atoms with Crippen LogP contribution in [0.5, 0.6) is 0 Å². The summed E-state index contributed by atoms with van der Waals surface area (Å²) in [5, 5.41) is 0.235. The van der Waals surface area contributed by atoms with Crippen LogP contribution in [0.1, 0.15) is 37.7 Å². The van der Waals surface area contributed by atoms with Gasteiger partial charge in [0.05, 0.1) is 0 Å². The maximum atomic E-state index is 6.22. The largest absolute Gasteiger partial charge is 0.226 e. The molecule has 130 valence electrons. The van der Waals surface area contributed by atoms with Gasteiger partial charge in [-0.1, -0.05) is 48.5 Å². The minimum atomic E-state index is 0.235. The minimum absolute atomic E-state index is 0.235. The van der Waals surface area contributed by atoms with Gasteiger partial charge in [-0.25, -0.2) is 4.98 Å². The SMILES string of the molecule is Clc1nc(-c2ccccc2)nc(-c2cccc(C34CCC(CC3)C4)c2)n1. The van der Waals surface area contributed by atoms with E-state index in [-0.39, 0.29) is 5.28 Å². The molecule has 0 unspecified atom stereocenters. The molecule has 0 spiro atoms. The molecule has 3 aromatic rings. The third kappa shape index (κ3) is 2.71. The van der Waals surface area contributed by atoms with Gasteiger partial charge in [0.1, 0.15) is 0 Å². The van der Waals surface area contributed by atoms with E-state index in [0.29, 0.717) is 17.1 Å². The Bertz CT molecular complexity index is 947. The fourth-order valence-electron chi connectivity index (χ4n) is 4.78. The second-order valence-corrected chi connectivity index (χ2v) is 7.96. The molecule has 1 heterocycles. The lowest BCUT2D eigenvalue weighted by Crippen LogP contribution is -2.19. The molecule has 2 bridgehead atoms. The molecule has 5 rings (SSSR count). The Labute approximate surface area is 158 Å². The molecule has 1 aromatic heterocycles. The lowest BCUT2D eigenvalue weighted by Gasteiger charge is -2.27. The smallest absolute Gasteiger partial charge is 0.208 e. The van der Waals surface area contributed by atoms with Gasteiger partial charge in [0.15, 0.2) is 11.6 Å². The third-order valence-corrected chi connectivity index (χ3v) is 6.28. The molecule has 2 saturated carbocycles. The predicted octanol–water partition coefficient (Wildman–Crippen LogP) is 5.69. The summed E-state index contributed by atoms with van der Waals surface area (Å²) >= 11 is 6.22. The highest BCUT2D eigenvalue weighted by Crippen LogP contribution is 2.55. The normalized spacial score (nSPS) is 24.1. The van der Waals surface area contributed by atoms with Gasteiger partial charge < -0.3 is 0 Å². The fourth-order valence-corrected chi connectivity index (χ4v) is 4.94. The van der Waals surface area contributed by atoms with E-state index in [4.69, 9.17) is 16.6 Å². The summed E-state index contributed by atoms with van der Waals surface area (Å²) < 4.78 is 0. The number of nitrogens with zero attached hydrogens (tertiary/aromatic N) is 3.